The molecule has 1 heterocycles. The van der Waals surface area contributed by atoms with E-state index < -0.39 is 0 Å². The number of rotatable bonds is 2. The molecule has 0 N–H and O–H groups in total. The summed E-state index contributed by atoms with van der Waals surface area (Å²) in [5, 5.41) is 0. The summed E-state index contributed by atoms with van der Waals surface area (Å²) in [5.74, 6) is -0.00236. The summed E-state index contributed by atoms with van der Waals surface area (Å²) in [6, 6.07) is 1.85. The van der Waals surface area contributed by atoms with Crippen LogP contribution in [0.3, 0.4) is 0 Å². The van der Waals surface area contributed by atoms with E-state index in [-0.39, 0.29) is 5.91 Å². The standard InChI is InChI=1S/C9H12N2OS/c1-11(2)9(12)7-6-10-5-4-8(7)13-3/h4-6H,1-3H3. The third-order valence-electron chi connectivity index (χ3n) is 1.64. The number of amides is 1. The Labute approximate surface area is 82.2 Å². The van der Waals surface area contributed by atoms with Crippen LogP contribution in [0, 0.1) is 0 Å². The van der Waals surface area contributed by atoms with Gasteiger partial charge in [0.05, 0.1) is 5.56 Å². The molecule has 0 aliphatic heterocycles. The molecule has 0 bridgehead atoms. The first-order chi connectivity index (χ1) is 6.16. The van der Waals surface area contributed by atoms with Crippen molar-refractivity contribution in [1.82, 2.24) is 9.88 Å². The first-order valence-electron chi connectivity index (χ1n) is 3.86. The third kappa shape index (κ3) is 2.21. The first kappa shape index (κ1) is 10.1. The van der Waals surface area contributed by atoms with Crippen molar-refractivity contribution in [3.8, 4) is 0 Å². The average molecular weight is 196 g/mol. The molecule has 0 aromatic carbocycles. The van der Waals surface area contributed by atoms with Crippen molar-refractivity contribution in [3.63, 3.8) is 0 Å². The summed E-state index contributed by atoms with van der Waals surface area (Å²) < 4.78 is 0. The van der Waals surface area contributed by atoms with E-state index in [0.717, 1.165) is 4.90 Å². The Balaban J connectivity index is 3.06. The highest BCUT2D eigenvalue weighted by atomic mass is 32.2. The maximum Gasteiger partial charge on any atom is 0.256 e. The highest BCUT2D eigenvalue weighted by Gasteiger charge is 2.11. The van der Waals surface area contributed by atoms with Crippen molar-refractivity contribution in [3.05, 3.63) is 24.0 Å². The number of hydrogen-bond acceptors (Lipinski definition) is 3. The lowest BCUT2D eigenvalue weighted by atomic mass is 10.2. The van der Waals surface area contributed by atoms with Gasteiger partial charge in [-0.05, 0) is 12.3 Å². The highest BCUT2D eigenvalue weighted by molar-refractivity contribution is 7.98. The molecule has 13 heavy (non-hydrogen) atoms. The van der Waals surface area contributed by atoms with E-state index in [1.807, 2.05) is 12.3 Å². The second kappa shape index (κ2) is 4.28. The maximum atomic E-state index is 11.6. The summed E-state index contributed by atoms with van der Waals surface area (Å²) in [5.41, 5.74) is 0.667. The number of carbonyl (C=O) groups excluding carboxylic acids is 1. The normalized spacial score (nSPS) is 9.77. The van der Waals surface area contributed by atoms with E-state index in [1.54, 1.807) is 43.2 Å². The number of hydrogen-bond donors (Lipinski definition) is 0. The van der Waals surface area contributed by atoms with E-state index in [9.17, 15) is 4.79 Å². The molecular formula is C9H12N2OS. The number of pyridine rings is 1. The van der Waals surface area contributed by atoms with Crippen molar-refractivity contribution in [2.24, 2.45) is 0 Å². The molecule has 1 aromatic rings. The minimum atomic E-state index is -0.00236. The Morgan fingerprint density at radius 2 is 2.23 bits per heavy atom. The molecule has 4 heteroatoms. The fourth-order valence-corrected chi connectivity index (χ4v) is 1.52. The van der Waals surface area contributed by atoms with Crippen molar-refractivity contribution >= 4 is 17.7 Å². The van der Waals surface area contributed by atoms with E-state index in [0.29, 0.717) is 5.56 Å². The van der Waals surface area contributed by atoms with Crippen molar-refractivity contribution in [2.45, 2.75) is 4.90 Å². The van der Waals surface area contributed by atoms with Crippen LogP contribution in [0.5, 0.6) is 0 Å². The van der Waals surface area contributed by atoms with Crippen LogP contribution in [0.2, 0.25) is 0 Å². The van der Waals surface area contributed by atoms with Gasteiger partial charge in [-0.25, -0.2) is 0 Å². The van der Waals surface area contributed by atoms with Gasteiger partial charge in [-0.15, -0.1) is 11.8 Å². The fraction of sp³-hybridized carbons (Fsp3) is 0.333. The molecular weight excluding hydrogens is 184 g/mol. The van der Waals surface area contributed by atoms with Crippen molar-refractivity contribution in [1.29, 1.82) is 0 Å². The summed E-state index contributed by atoms with van der Waals surface area (Å²) in [7, 11) is 3.47. The molecule has 0 saturated carbocycles. The van der Waals surface area contributed by atoms with E-state index >= 15 is 0 Å². The summed E-state index contributed by atoms with van der Waals surface area (Å²) in [6.45, 7) is 0. The minimum absolute atomic E-state index is 0.00236. The molecule has 0 fully saturated rings. The Morgan fingerprint density at radius 3 is 2.77 bits per heavy atom. The van der Waals surface area contributed by atoms with Crippen LogP contribution in [0.15, 0.2) is 23.4 Å². The maximum absolute atomic E-state index is 11.6. The number of carbonyl (C=O) groups is 1. The van der Waals surface area contributed by atoms with Crippen molar-refractivity contribution in [2.75, 3.05) is 20.4 Å². The zero-order valence-corrected chi connectivity index (χ0v) is 8.76. The molecule has 0 spiro atoms. The Hall–Kier alpha value is -1.03. The number of aromatic nitrogens is 1. The van der Waals surface area contributed by atoms with Gasteiger partial charge < -0.3 is 4.90 Å². The fourth-order valence-electron chi connectivity index (χ4n) is 0.961. The van der Waals surface area contributed by atoms with Crippen LogP contribution in [-0.4, -0.2) is 36.1 Å². The monoisotopic (exact) mass is 196 g/mol. The summed E-state index contributed by atoms with van der Waals surface area (Å²) in [6.07, 6.45) is 5.24. The number of nitrogens with zero attached hydrogens (tertiary/aromatic N) is 2. The zero-order chi connectivity index (χ0) is 9.84. The van der Waals surface area contributed by atoms with E-state index in [4.69, 9.17) is 0 Å². The van der Waals surface area contributed by atoms with E-state index in [1.165, 1.54) is 0 Å². The molecule has 70 valence electrons. The van der Waals surface area contributed by atoms with Crippen LogP contribution < -0.4 is 0 Å². The second-order valence-electron chi connectivity index (χ2n) is 2.78. The van der Waals surface area contributed by atoms with Crippen molar-refractivity contribution < 1.29 is 4.79 Å². The quantitative estimate of drug-likeness (QED) is 0.672. The molecule has 1 aromatic heterocycles. The topological polar surface area (TPSA) is 33.2 Å². The molecule has 0 atom stereocenters. The molecule has 0 aliphatic carbocycles. The van der Waals surface area contributed by atoms with Crippen LogP contribution in [-0.2, 0) is 0 Å². The summed E-state index contributed by atoms with van der Waals surface area (Å²) in [4.78, 5) is 18.1. The lowest BCUT2D eigenvalue weighted by Crippen LogP contribution is -2.22. The highest BCUT2D eigenvalue weighted by Crippen LogP contribution is 2.19. The van der Waals surface area contributed by atoms with E-state index in [2.05, 4.69) is 4.98 Å². The number of thioether (sulfide) groups is 1. The third-order valence-corrected chi connectivity index (χ3v) is 2.43. The largest absolute Gasteiger partial charge is 0.345 e. The molecule has 0 saturated heterocycles. The van der Waals surface area contributed by atoms with Gasteiger partial charge in [0.25, 0.3) is 5.91 Å². The SMILES string of the molecule is CSc1ccncc1C(=O)N(C)C. The molecule has 1 rings (SSSR count). The smallest absolute Gasteiger partial charge is 0.256 e. The average Bonchev–Trinajstić information content (AvgIpc) is 2.16. The van der Waals surface area contributed by atoms with Crippen LogP contribution >= 0.6 is 11.8 Å². The van der Waals surface area contributed by atoms with Gasteiger partial charge in [0.15, 0.2) is 0 Å². The Bertz CT molecular complexity index is 312. The zero-order valence-electron chi connectivity index (χ0n) is 7.94. The van der Waals surface area contributed by atoms with Crippen LogP contribution in [0.25, 0.3) is 0 Å². The molecule has 0 radical (unpaired) electrons. The second-order valence-corrected chi connectivity index (χ2v) is 3.62. The lowest BCUT2D eigenvalue weighted by Gasteiger charge is -2.11. The van der Waals surface area contributed by atoms with Gasteiger partial charge in [0.1, 0.15) is 0 Å². The molecule has 1 amide bonds. The van der Waals surface area contributed by atoms with Crippen LogP contribution in [0.4, 0.5) is 0 Å². The minimum Gasteiger partial charge on any atom is -0.345 e. The predicted molar refractivity (Wildman–Crippen MR) is 54.0 cm³/mol. The Kier molecular flexibility index (Phi) is 3.31. The Morgan fingerprint density at radius 1 is 1.54 bits per heavy atom. The van der Waals surface area contributed by atoms with Gasteiger partial charge in [0, 0.05) is 31.4 Å². The van der Waals surface area contributed by atoms with Gasteiger partial charge in [0.2, 0.25) is 0 Å². The molecule has 0 unspecified atom stereocenters. The van der Waals surface area contributed by atoms with Crippen LogP contribution in [0.1, 0.15) is 10.4 Å². The predicted octanol–water partition coefficient (Wildman–Crippen LogP) is 1.51. The molecule has 3 nitrogen and oxygen atoms in total. The summed E-state index contributed by atoms with van der Waals surface area (Å²) >= 11 is 1.55. The first-order valence-corrected chi connectivity index (χ1v) is 5.09. The molecule has 0 aliphatic rings. The van der Waals surface area contributed by atoms with Gasteiger partial charge in [-0.3, -0.25) is 9.78 Å². The lowest BCUT2D eigenvalue weighted by molar-refractivity contribution is 0.0824. The van der Waals surface area contributed by atoms with Gasteiger partial charge in [-0.1, -0.05) is 0 Å². The van der Waals surface area contributed by atoms with Gasteiger partial charge >= 0.3 is 0 Å². The van der Waals surface area contributed by atoms with Gasteiger partial charge in [-0.2, -0.15) is 0 Å².